The highest BCUT2D eigenvalue weighted by Crippen LogP contribution is 2.22. The molecule has 1 N–H and O–H groups in total. The van der Waals surface area contributed by atoms with Crippen LogP contribution in [-0.4, -0.2) is 24.7 Å². The number of hydrogen-bond acceptors (Lipinski definition) is 4. The molecule has 1 rings (SSSR count). The molecule has 0 spiro atoms. The number of ether oxygens (including phenoxy) is 2. The van der Waals surface area contributed by atoms with E-state index in [2.05, 4.69) is 14.5 Å². The van der Waals surface area contributed by atoms with Crippen LogP contribution in [0.2, 0.25) is 0 Å². The summed E-state index contributed by atoms with van der Waals surface area (Å²) in [6.07, 6.45) is -4.05. The second-order valence-electron chi connectivity index (χ2n) is 2.59. The molecule has 0 aliphatic carbocycles. The van der Waals surface area contributed by atoms with E-state index in [1.54, 1.807) is 0 Å². The predicted octanol–water partition coefficient (Wildman–Crippen LogP) is 1.09. The van der Waals surface area contributed by atoms with Gasteiger partial charge in [-0.15, -0.1) is 13.2 Å². The number of carbonyl (C=O) groups excluding carboxylic acids is 1. The molecule has 0 unspecified atom stereocenters. The summed E-state index contributed by atoms with van der Waals surface area (Å²) >= 11 is 0. The fourth-order valence-corrected chi connectivity index (χ4v) is 0.965. The fraction of sp³-hybridized carbons (Fsp3) is 0.250. The molecule has 8 heteroatoms. The maximum Gasteiger partial charge on any atom is 0.573 e. The molecule has 0 saturated heterocycles. The van der Waals surface area contributed by atoms with Gasteiger partial charge in [0.25, 0.3) is 5.43 Å². The third-order valence-corrected chi connectivity index (χ3v) is 1.59. The molecule has 0 radical (unpaired) electrons. The first-order valence-electron chi connectivity index (χ1n) is 3.89. The van der Waals surface area contributed by atoms with Crippen LogP contribution in [0.1, 0.15) is 10.5 Å². The normalized spacial score (nSPS) is 11.0. The largest absolute Gasteiger partial charge is 0.573 e. The number of aromatic amines is 1. The van der Waals surface area contributed by atoms with Gasteiger partial charge in [-0.3, -0.25) is 9.59 Å². The van der Waals surface area contributed by atoms with Crippen molar-refractivity contribution in [2.45, 2.75) is 6.36 Å². The lowest BCUT2D eigenvalue weighted by atomic mass is 10.3. The Hall–Kier alpha value is -1.99. The Balaban J connectivity index is 3.33. The maximum atomic E-state index is 11.9. The Morgan fingerprint density at radius 2 is 2.06 bits per heavy atom. The minimum atomic E-state index is -5.06. The molecule has 0 amide bonds. The van der Waals surface area contributed by atoms with E-state index in [4.69, 9.17) is 0 Å². The second-order valence-corrected chi connectivity index (χ2v) is 2.59. The summed E-state index contributed by atoms with van der Waals surface area (Å²) < 4.78 is 43.8. The Morgan fingerprint density at radius 1 is 1.44 bits per heavy atom. The number of pyridine rings is 1. The van der Waals surface area contributed by atoms with Crippen molar-refractivity contribution in [2.75, 3.05) is 7.11 Å². The standard InChI is InChI=1S/C8H6F3NO4/c1-15-5-2-12-4(3-13)7(6(5)14)16-8(9,10)11/h2-3H,1H3,(H,12,14). The maximum absolute atomic E-state index is 11.9. The zero-order chi connectivity index (χ0) is 12.3. The average Bonchev–Trinajstić information content (AvgIpc) is 2.19. The van der Waals surface area contributed by atoms with Gasteiger partial charge in [0.05, 0.1) is 7.11 Å². The number of hydrogen-bond donors (Lipinski definition) is 1. The van der Waals surface area contributed by atoms with Gasteiger partial charge in [0.1, 0.15) is 5.69 Å². The molecule has 0 aromatic carbocycles. The predicted molar refractivity (Wildman–Crippen MR) is 45.7 cm³/mol. The number of rotatable bonds is 3. The highest BCUT2D eigenvalue weighted by molar-refractivity contribution is 5.76. The molecule has 1 heterocycles. The summed E-state index contributed by atoms with van der Waals surface area (Å²) in [7, 11) is 1.10. The quantitative estimate of drug-likeness (QED) is 0.799. The van der Waals surface area contributed by atoms with E-state index in [0.29, 0.717) is 0 Å². The summed E-state index contributed by atoms with van der Waals surface area (Å²) in [5.74, 6) is -1.52. The lowest BCUT2D eigenvalue weighted by Gasteiger charge is -2.10. The van der Waals surface area contributed by atoms with E-state index in [1.807, 2.05) is 0 Å². The van der Waals surface area contributed by atoms with E-state index < -0.39 is 23.2 Å². The van der Waals surface area contributed by atoms with Gasteiger partial charge in [0.2, 0.25) is 5.75 Å². The Kier molecular flexibility index (Phi) is 3.21. The van der Waals surface area contributed by atoms with Crippen molar-refractivity contribution in [3.05, 3.63) is 22.1 Å². The van der Waals surface area contributed by atoms with E-state index >= 15 is 0 Å². The Bertz CT molecular complexity index is 452. The van der Waals surface area contributed by atoms with Crippen molar-refractivity contribution in [2.24, 2.45) is 0 Å². The van der Waals surface area contributed by atoms with Crippen LogP contribution in [0, 0.1) is 0 Å². The zero-order valence-corrected chi connectivity index (χ0v) is 7.92. The molecule has 0 aliphatic heterocycles. The van der Waals surface area contributed by atoms with Crippen LogP contribution in [-0.2, 0) is 0 Å². The first-order valence-corrected chi connectivity index (χ1v) is 3.89. The number of halogens is 3. The first-order chi connectivity index (χ1) is 7.39. The summed E-state index contributed by atoms with van der Waals surface area (Å²) in [5, 5.41) is 0. The van der Waals surface area contributed by atoms with Crippen molar-refractivity contribution in [1.82, 2.24) is 4.98 Å². The number of methoxy groups -OCH3 is 1. The molecule has 0 fully saturated rings. The number of aldehydes is 1. The van der Waals surface area contributed by atoms with Crippen molar-refractivity contribution < 1.29 is 27.4 Å². The van der Waals surface area contributed by atoms with Crippen LogP contribution in [0.3, 0.4) is 0 Å². The number of carbonyl (C=O) groups is 1. The van der Waals surface area contributed by atoms with Crippen LogP contribution in [0.4, 0.5) is 13.2 Å². The van der Waals surface area contributed by atoms with Crippen molar-refractivity contribution in [1.29, 1.82) is 0 Å². The Labute approximate surface area is 86.8 Å². The van der Waals surface area contributed by atoms with Gasteiger partial charge in [-0.05, 0) is 0 Å². The lowest BCUT2D eigenvalue weighted by molar-refractivity contribution is -0.275. The van der Waals surface area contributed by atoms with Gasteiger partial charge in [-0.1, -0.05) is 0 Å². The number of aromatic nitrogens is 1. The van der Waals surface area contributed by atoms with E-state index in [-0.39, 0.29) is 12.0 Å². The smallest absolute Gasteiger partial charge is 0.491 e. The van der Waals surface area contributed by atoms with Crippen molar-refractivity contribution in [3.8, 4) is 11.5 Å². The van der Waals surface area contributed by atoms with Crippen LogP contribution in [0.5, 0.6) is 11.5 Å². The van der Waals surface area contributed by atoms with Gasteiger partial charge in [-0.2, -0.15) is 0 Å². The molecule has 0 saturated carbocycles. The van der Waals surface area contributed by atoms with E-state index in [1.165, 1.54) is 0 Å². The summed E-state index contributed by atoms with van der Waals surface area (Å²) in [5.41, 5.74) is -1.76. The van der Waals surface area contributed by atoms with Gasteiger partial charge >= 0.3 is 6.36 Å². The third kappa shape index (κ3) is 2.53. The number of H-pyrrole nitrogens is 1. The lowest BCUT2D eigenvalue weighted by Crippen LogP contribution is -2.24. The minimum Gasteiger partial charge on any atom is -0.491 e. The van der Waals surface area contributed by atoms with Crippen LogP contribution in [0.25, 0.3) is 0 Å². The molecular formula is C8H6F3NO4. The highest BCUT2D eigenvalue weighted by atomic mass is 19.4. The molecule has 88 valence electrons. The molecule has 1 aromatic rings. The zero-order valence-electron chi connectivity index (χ0n) is 7.92. The monoisotopic (exact) mass is 237 g/mol. The fourth-order valence-electron chi connectivity index (χ4n) is 0.965. The first kappa shape index (κ1) is 12.1. The minimum absolute atomic E-state index is 0.0436. The molecule has 1 aromatic heterocycles. The molecule has 0 aliphatic rings. The van der Waals surface area contributed by atoms with Crippen LogP contribution in [0.15, 0.2) is 11.0 Å². The van der Waals surface area contributed by atoms with Crippen LogP contribution < -0.4 is 14.9 Å². The average molecular weight is 237 g/mol. The van der Waals surface area contributed by atoms with Crippen LogP contribution >= 0.6 is 0 Å². The molecule has 16 heavy (non-hydrogen) atoms. The Morgan fingerprint density at radius 3 is 2.50 bits per heavy atom. The van der Waals surface area contributed by atoms with Crippen molar-refractivity contribution in [3.63, 3.8) is 0 Å². The topological polar surface area (TPSA) is 68.4 Å². The highest BCUT2D eigenvalue weighted by Gasteiger charge is 2.34. The van der Waals surface area contributed by atoms with Gasteiger partial charge in [0.15, 0.2) is 12.0 Å². The molecular weight excluding hydrogens is 231 g/mol. The molecule has 0 atom stereocenters. The molecule has 0 bridgehead atoms. The van der Waals surface area contributed by atoms with E-state index in [9.17, 15) is 22.8 Å². The summed E-state index contributed by atoms with van der Waals surface area (Å²) in [6, 6.07) is 0. The van der Waals surface area contributed by atoms with Gasteiger partial charge < -0.3 is 14.5 Å². The summed E-state index contributed by atoms with van der Waals surface area (Å²) in [4.78, 5) is 23.9. The van der Waals surface area contributed by atoms with Gasteiger partial charge in [-0.25, -0.2) is 0 Å². The molecule has 5 nitrogen and oxygen atoms in total. The van der Waals surface area contributed by atoms with Gasteiger partial charge in [0, 0.05) is 6.20 Å². The van der Waals surface area contributed by atoms with E-state index in [0.717, 1.165) is 13.3 Å². The summed E-state index contributed by atoms with van der Waals surface area (Å²) in [6.45, 7) is 0. The second kappa shape index (κ2) is 4.25. The SMILES string of the molecule is COc1c[nH]c(C=O)c(OC(F)(F)F)c1=O. The third-order valence-electron chi connectivity index (χ3n) is 1.59. The number of alkyl halides is 3. The van der Waals surface area contributed by atoms with Crippen molar-refractivity contribution >= 4 is 6.29 Å². The number of nitrogens with one attached hydrogen (secondary N) is 1.